The third-order valence-corrected chi connectivity index (χ3v) is 3.25. The molecular weight excluding hydrogens is 268 g/mol. The SMILES string of the molecule is CCC(CCOc1cccc(Br)c1)C(C)O. The number of ether oxygens (including phenoxy) is 1. The minimum Gasteiger partial charge on any atom is -0.494 e. The Kier molecular flexibility index (Phi) is 5.85. The fourth-order valence-electron chi connectivity index (χ4n) is 1.67. The van der Waals surface area contributed by atoms with E-state index in [0.717, 1.165) is 23.1 Å². The molecule has 0 amide bonds. The van der Waals surface area contributed by atoms with E-state index in [-0.39, 0.29) is 6.10 Å². The van der Waals surface area contributed by atoms with Gasteiger partial charge in [0.05, 0.1) is 12.7 Å². The Balaban J connectivity index is 2.35. The molecule has 0 saturated carbocycles. The number of aliphatic hydroxyl groups excluding tert-OH is 1. The van der Waals surface area contributed by atoms with Gasteiger partial charge in [-0.15, -0.1) is 0 Å². The molecule has 0 aliphatic rings. The van der Waals surface area contributed by atoms with Crippen LogP contribution in [0.4, 0.5) is 0 Å². The van der Waals surface area contributed by atoms with Gasteiger partial charge in [-0.05, 0) is 37.5 Å². The Hall–Kier alpha value is -0.540. The minimum atomic E-state index is -0.254. The lowest BCUT2D eigenvalue weighted by molar-refractivity contribution is 0.106. The lowest BCUT2D eigenvalue weighted by atomic mass is 9.97. The molecule has 0 spiro atoms. The Morgan fingerprint density at radius 3 is 2.75 bits per heavy atom. The maximum Gasteiger partial charge on any atom is 0.120 e. The van der Waals surface area contributed by atoms with Crippen molar-refractivity contribution < 1.29 is 9.84 Å². The van der Waals surface area contributed by atoms with Crippen LogP contribution in [0.1, 0.15) is 26.7 Å². The summed E-state index contributed by atoms with van der Waals surface area (Å²) in [5, 5.41) is 9.49. The van der Waals surface area contributed by atoms with E-state index in [2.05, 4.69) is 22.9 Å². The second-order valence-electron chi connectivity index (χ2n) is 4.00. The monoisotopic (exact) mass is 286 g/mol. The molecular formula is C13H19BrO2. The van der Waals surface area contributed by atoms with Crippen LogP contribution in [0, 0.1) is 5.92 Å². The van der Waals surface area contributed by atoms with E-state index in [9.17, 15) is 5.11 Å². The third kappa shape index (κ3) is 4.54. The number of hydrogen-bond donors (Lipinski definition) is 1. The minimum absolute atomic E-state index is 0.254. The molecule has 0 saturated heterocycles. The highest BCUT2D eigenvalue weighted by atomic mass is 79.9. The average molecular weight is 287 g/mol. The summed E-state index contributed by atoms with van der Waals surface area (Å²) in [7, 11) is 0. The number of aliphatic hydroxyl groups is 1. The van der Waals surface area contributed by atoms with E-state index in [0.29, 0.717) is 12.5 Å². The Morgan fingerprint density at radius 1 is 1.44 bits per heavy atom. The fourth-order valence-corrected chi connectivity index (χ4v) is 2.05. The normalized spacial score (nSPS) is 14.5. The number of hydrogen-bond acceptors (Lipinski definition) is 2. The molecule has 90 valence electrons. The van der Waals surface area contributed by atoms with Gasteiger partial charge in [-0.3, -0.25) is 0 Å². The maximum atomic E-state index is 9.49. The Labute approximate surface area is 106 Å². The van der Waals surface area contributed by atoms with Crippen LogP contribution in [-0.4, -0.2) is 17.8 Å². The van der Waals surface area contributed by atoms with Crippen LogP contribution in [0.3, 0.4) is 0 Å². The first-order chi connectivity index (χ1) is 7.63. The zero-order chi connectivity index (χ0) is 12.0. The standard InChI is InChI=1S/C13H19BrO2/c1-3-11(10(2)15)7-8-16-13-6-4-5-12(14)9-13/h4-6,9-11,15H,3,7-8H2,1-2H3. The molecule has 0 fully saturated rings. The maximum absolute atomic E-state index is 9.49. The van der Waals surface area contributed by atoms with Gasteiger partial charge in [-0.2, -0.15) is 0 Å². The molecule has 1 aromatic carbocycles. The van der Waals surface area contributed by atoms with Crippen molar-refractivity contribution in [1.29, 1.82) is 0 Å². The van der Waals surface area contributed by atoms with E-state index in [1.54, 1.807) is 0 Å². The van der Waals surface area contributed by atoms with Gasteiger partial charge in [0.2, 0.25) is 0 Å². The predicted octanol–water partition coefficient (Wildman–Crippen LogP) is 3.63. The second-order valence-corrected chi connectivity index (χ2v) is 4.92. The average Bonchev–Trinajstić information content (AvgIpc) is 2.24. The van der Waals surface area contributed by atoms with Crippen LogP contribution in [0.15, 0.2) is 28.7 Å². The van der Waals surface area contributed by atoms with Crippen molar-refractivity contribution in [1.82, 2.24) is 0 Å². The topological polar surface area (TPSA) is 29.5 Å². The highest BCUT2D eigenvalue weighted by Gasteiger charge is 2.12. The Morgan fingerprint density at radius 2 is 2.19 bits per heavy atom. The van der Waals surface area contributed by atoms with Crippen molar-refractivity contribution in [2.24, 2.45) is 5.92 Å². The highest BCUT2D eigenvalue weighted by Crippen LogP contribution is 2.19. The van der Waals surface area contributed by atoms with E-state index < -0.39 is 0 Å². The van der Waals surface area contributed by atoms with E-state index in [1.807, 2.05) is 31.2 Å². The van der Waals surface area contributed by atoms with Gasteiger partial charge in [0.1, 0.15) is 5.75 Å². The van der Waals surface area contributed by atoms with Gasteiger partial charge in [0, 0.05) is 4.47 Å². The van der Waals surface area contributed by atoms with Crippen LogP contribution in [0.2, 0.25) is 0 Å². The first kappa shape index (κ1) is 13.5. The largest absolute Gasteiger partial charge is 0.494 e. The van der Waals surface area contributed by atoms with Gasteiger partial charge >= 0.3 is 0 Å². The summed E-state index contributed by atoms with van der Waals surface area (Å²) < 4.78 is 6.65. The molecule has 16 heavy (non-hydrogen) atoms. The van der Waals surface area contributed by atoms with Crippen molar-refractivity contribution in [3.05, 3.63) is 28.7 Å². The third-order valence-electron chi connectivity index (χ3n) is 2.76. The molecule has 0 bridgehead atoms. The smallest absolute Gasteiger partial charge is 0.120 e. The first-order valence-electron chi connectivity index (χ1n) is 5.70. The van der Waals surface area contributed by atoms with Crippen molar-refractivity contribution >= 4 is 15.9 Å². The fraction of sp³-hybridized carbons (Fsp3) is 0.538. The number of rotatable bonds is 6. The quantitative estimate of drug-likeness (QED) is 0.865. The lowest BCUT2D eigenvalue weighted by Gasteiger charge is -2.18. The molecule has 0 heterocycles. The summed E-state index contributed by atoms with van der Waals surface area (Å²) in [5.74, 6) is 1.20. The van der Waals surface area contributed by atoms with Gasteiger partial charge in [-0.25, -0.2) is 0 Å². The van der Waals surface area contributed by atoms with Crippen LogP contribution in [0.25, 0.3) is 0 Å². The summed E-state index contributed by atoms with van der Waals surface area (Å²) >= 11 is 3.40. The van der Waals surface area contributed by atoms with Gasteiger partial charge in [0.25, 0.3) is 0 Å². The zero-order valence-electron chi connectivity index (χ0n) is 9.82. The highest BCUT2D eigenvalue weighted by molar-refractivity contribution is 9.10. The molecule has 2 unspecified atom stereocenters. The van der Waals surface area contributed by atoms with Crippen molar-refractivity contribution in [2.75, 3.05) is 6.61 Å². The molecule has 0 radical (unpaired) electrons. The zero-order valence-corrected chi connectivity index (χ0v) is 11.4. The van der Waals surface area contributed by atoms with Crippen LogP contribution in [0.5, 0.6) is 5.75 Å². The van der Waals surface area contributed by atoms with Gasteiger partial charge in [-0.1, -0.05) is 35.3 Å². The first-order valence-corrected chi connectivity index (χ1v) is 6.49. The number of halogens is 1. The van der Waals surface area contributed by atoms with E-state index in [4.69, 9.17) is 4.74 Å². The van der Waals surface area contributed by atoms with Crippen LogP contribution < -0.4 is 4.74 Å². The summed E-state index contributed by atoms with van der Waals surface area (Å²) in [5.41, 5.74) is 0. The summed E-state index contributed by atoms with van der Waals surface area (Å²) in [6, 6.07) is 7.81. The van der Waals surface area contributed by atoms with Crippen molar-refractivity contribution in [3.63, 3.8) is 0 Å². The molecule has 2 nitrogen and oxygen atoms in total. The van der Waals surface area contributed by atoms with Crippen molar-refractivity contribution in [2.45, 2.75) is 32.8 Å². The van der Waals surface area contributed by atoms with Crippen LogP contribution in [-0.2, 0) is 0 Å². The van der Waals surface area contributed by atoms with Crippen LogP contribution >= 0.6 is 15.9 Å². The molecule has 1 aromatic rings. The molecule has 0 aromatic heterocycles. The summed E-state index contributed by atoms with van der Waals surface area (Å²) in [6.45, 7) is 4.59. The van der Waals surface area contributed by atoms with E-state index in [1.165, 1.54) is 0 Å². The van der Waals surface area contributed by atoms with E-state index >= 15 is 0 Å². The summed E-state index contributed by atoms with van der Waals surface area (Å²) in [6.07, 6.45) is 1.62. The summed E-state index contributed by atoms with van der Waals surface area (Å²) in [4.78, 5) is 0. The molecule has 2 atom stereocenters. The molecule has 0 aliphatic heterocycles. The lowest BCUT2D eigenvalue weighted by Crippen LogP contribution is -2.18. The second kappa shape index (κ2) is 6.92. The number of benzene rings is 1. The predicted molar refractivity (Wildman–Crippen MR) is 69.7 cm³/mol. The van der Waals surface area contributed by atoms with Crippen molar-refractivity contribution in [3.8, 4) is 5.75 Å². The Bertz CT molecular complexity index is 313. The molecule has 3 heteroatoms. The molecule has 1 rings (SSSR count). The molecule has 1 N–H and O–H groups in total. The van der Waals surface area contributed by atoms with Gasteiger partial charge < -0.3 is 9.84 Å². The van der Waals surface area contributed by atoms with Gasteiger partial charge in [0.15, 0.2) is 0 Å². The molecule has 0 aliphatic carbocycles.